The topological polar surface area (TPSA) is 112 Å². The number of benzene rings is 1. The summed E-state index contributed by atoms with van der Waals surface area (Å²) in [6.07, 6.45) is 0. The highest BCUT2D eigenvalue weighted by Crippen LogP contribution is 2.31. The van der Waals surface area contributed by atoms with E-state index in [-0.39, 0.29) is 23.1 Å². The Morgan fingerprint density at radius 3 is 2.86 bits per heavy atom. The number of nitro groups is 1. The summed E-state index contributed by atoms with van der Waals surface area (Å²) >= 11 is 0.962. The van der Waals surface area contributed by atoms with Crippen molar-refractivity contribution in [1.29, 1.82) is 0 Å². The van der Waals surface area contributed by atoms with Gasteiger partial charge in [0.2, 0.25) is 10.8 Å². The molecule has 9 heteroatoms. The van der Waals surface area contributed by atoms with Crippen molar-refractivity contribution in [2.45, 2.75) is 6.61 Å². The van der Waals surface area contributed by atoms with E-state index in [0.29, 0.717) is 11.4 Å². The molecular formula is C12H10N2O6S. The van der Waals surface area contributed by atoms with Crippen LogP contribution in [0, 0.1) is 10.1 Å². The van der Waals surface area contributed by atoms with Crippen molar-refractivity contribution in [3.63, 3.8) is 0 Å². The van der Waals surface area contributed by atoms with Crippen molar-refractivity contribution in [2.24, 2.45) is 0 Å². The zero-order chi connectivity index (χ0) is 15.4. The zero-order valence-electron chi connectivity index (χ0n) is 10.8. The van der Waals surface area contributed by atoms with Gasteiger partial charge in [0, 0.05) is 17.5 Å². The molecule has 21 heavy (non-hydrogen) atoms. The molecule has 0 aliphatic carbocycles. The molecule has 8 nitrogen and oxygen atoms in total. The molecule has 0 amide bonds. The smallest absolute Gasteiger partial charge is 0.365 e. The van der Waals surface area contributed by atoms with Gasteiger partial charge < -0.3 is 14.6 Å². The predicted molar refractivity (Wildman–Crippen MR) is 73.1 cm³/mol. The van der Waals surface area contributed by atoms with Crippen LogP contribution in [0.5, 0.6) is 11.5 Å². The summed E-state index contributed by atoms with van der Waals surface area (Å²) in [5.74, 6) is -0.678. The number of hydrogen-bond acceptors (Lipinski definition) is 7. The van der Waals surface area contributed by atoms with Gasteiger partial charge in [-0.3, -0.25) is 10.1 Å². The summed E-state index contributed by atoms with van der Waals surface area (Å²) in [6.45, 7) is -0.0716. The van der Waals surface area contributed by atoms with E-state index < -0.39 is 10.9 Å². The molecule has 0 aliphatic rings. The Morgan fingerprint density at radius 2 is 2.29 bits per heavy atom. The Bertz CT molecular complexity index is 684. The van der Waals surface area contributed by atoms with Crippen molar-refractivity contribution >= 4 is 23.0 Å². The molecule has 1 aromatic heterocycles. The van der Waals surface area contributed by atoms with Crippen LogP contribution in [-0.2, 0) is 6.61 Å². The van der Waals surface area contributed by atoms with Gasteiger partial charge in [0.25, 0.3) is 0 Å². The number of hydrogen-bond donors (Lipinski definition) is 1. The van der Waals surface area contributed by atoms with Gasteiger partial charge >= 0.3 is 11.7 Å². The van der Waals surface area contributed by atoms with Crippen LogP contribution in [-0.4, -0.2) is 28.1 Å². The number of carboxylic acid groups (broad SMARTS) is 1. The van der Waals surface area contributed by atoms with E-state index in [4.69, 9.17) is 14.6 Å². The van der Waals surface area contributed by atoms with Crippen molar-refractivity contribution in [1.82, 2.24) is 4.98 Å². The van der Waals surface area contributed by atoms with Crippen LogP contribution in [0.4, 0.5) is 5.69 Å². The molecule has 1 N–H and O–H groups in total. The fourth-order valence-electron chi connectivity index (χ4n) is 1.51. The molecule has 0 aliphatic heterocycles. The monoisotopic (exact) mass is 310 g/mol. The van der Waals surface area contributed by atoms with Crippen molar-refractivity contribution in [2.75, 3.05) is 7.11 Å². The van der Waals surface area contributed by atoms with E-state index in [2.05, 4.69) is 4.98 Å². The maximum atomic E-state index is 10.9. The summed E-state index contributed by atoms with van der Waals surface area (Å²) < 4.78 is 10.3. The van der Waals surface area contributed by atoms with Gasteiger partial charge in [-0.05, 0) is 6.07 Å². The second-order valence-electron chi connectivity index (χ2n) is 3.83. The van der Waals surface area contributed by atoms with Crippen LogP contribution in [0.2, 0.25) is 0 Å². The summed E-state index contributed by atoms with van der Waals surface area (Å²) in [5, 5.41) is 21.2. The number of carboxylic acids is 1. The number of thiazole rings is 1. The minimum Gasteiger partial charge on any atom is -0.497 e. The highest BCUT2D eigenvalue weighted by atomic mass is 32.1. The van der Waals surface area contributed by atoms with Crippen molar-refractivity contribution in [3.05, 3.63) is 44.4 Å². The molecule has 110 valence electrons. The lowest BCUT2D eigenvalue weighted by Gasteiger charge is -2.07. The van der Waals surface area contributed by atoms with Crippen molar-refractivity contribution < 1.29 is 24.3 Å². The summed E-state index contributed by atoms with van der Waals surface area (Å²) in [4.78, 5) is 24.9. The lowest BCUT2D eigenvalue weighted by molar-refractivity contribution is -0.386. The SMILES string of the molecule is COc1ccc([N+](=O)[O-])c(OCc2csc(C(=O)O)n2)c1. The Labute approximate surface area is 122 Å². The lowest BCUT2D eigenvalue weighted by atomic mass is 10.3. The first-order valence-corrected chi connectivity index (χ1v) is 6.52. The minimum absolute atomic E-state index is 0.0317. The molecule has 0 unspecified atom stereocenters. The van der Waals surface area contributed by atoms with Gasteiger partial charge in [-0.1, -0.05) is 0 Å². The summed E-state index contributed by atoms with van der Waals surface area (Å²) in [7, 11) is 1.44. The molecule has 0 saturated carbocycles. The Hall–Kier alpha value is -2.68. The maximum absolute atomic E-state index is 10.9. The van der Waals surface area contributed by atoms with E-state index in [0.717, 1.165) is 11.3 Å². The first-order valence-electron chi connectivity index (χ1n) is 5.64. The Morgan fingerprint density at radius 1 is 1.52 bits per heavy atom. The summed E-state index contributed by atoms with van der Waals surface area (Å²) in [6, 6.07) is 4.12. The van der Waals surface area contributed by atoms with Crippen LogP contribution in [0.15, 0.2) is 23.6 Å². The molecular weight excluding hydrogens is 300 g/mol. The van der Waals surface area contributed by atoms with E-state index in [9.17, 15) is 14.9 Å². The molecule has 0 spiro atoms. The number of ether oxygens (including phenoxy) is 2. The zero-order valence-corrected chi connectivity index (χ0v) is 11.6. The predicted octanol–water partition coefficient (Wildman–Crippen LogP) is 2.34. The van der Waals surface area contributed by atoms with Gasteiger partial charge in [-0.15, -0.1) is 11.3 Å². The third-order valence-electron chi connectivity index (χ3n) is 2.47. The largest absolute Gasteiger partial charge is 0.497 e. The molecule has 0 atom stereocenters. The molecule has 0 fully saturated rings. The quantitative estimate of drug-likeness (QED) is 0.643. The number of methoxy groups -OCH3 is 1. The molecule has 2 rings (SSSR count). The van der Waals surface area contributed by atoms with E-state index >= 15 is 0 Å². The fraction of sp³-hybridized carbons (Fsp3) is 0.167. The molecule has 1 heterocycles. The van der Waals surface area contributed by atoms with Crippen LogP contribution < -0.4 is 9.47 Å². The third kappa shape index (κ3) is 3.45. The van der Waals surface area contributed by atoms with Gasteiger partial charge in [0.15, 0.2) is 0 Å². The van der Waals surface area contributed by atoms with E-state index in [1.54, 1.807) is 0 Å². The third-order valence-corrected chi connectivity index (χ3v) is 3.35. The minimum atomic E-state index is -1.13. The number of rotatable bonds is 6. The average molecular weight is 310 g/mol. The van der Waals surface area contributed by atoms with Crippen LogP contribution in [0.1, 0.15) is 15.5 Å². The number of nitrogens with zero attached hydrogens (tertiary/aromatic N) is 2. The molecule has 0 radical (unpaired) electrons. The van der Waals surface area contributed by atoms with Crippen LogP contribution >= 0.6 is 11.3 Å². The first-order chi connectivity index (χ1) is 10.0. The second-order valence-corrected chi connectivity index (χ2v) is 4.69. The number of nitro benzene ring substituents is 1. The van der Waals surface area contributed by atoms with Crippen LogP contribution in [0.25, 0.3) is 0 Å². The number of carbonyl (C=O) groups is 1. The molecule has 1 aromatic carbocycles. The fourth-order valence-corrected chi connectivity index (χ4v) is 2.15. The van der Waals surface area contributed by atoms with Gasteiger partial charge in [-0.25, -0.2) is 9.78 Å². The molecule has 2 aromatic rings. The molecule has 0 bridgehead atoms. The average Bonchev–Trinajstić information content (AvgIpc) is 2.93. The molecule has 0 saturated heterocycles. The van der Waals surface area contributed by atoms with Gasteiger partial charge in [-0.2, -0.15) is 0 Å². The van der Waals surface area contributed by atoms with E-state index in [1.165, 1.54) is 30.7 Å². The Balaban J connectivity index is 2.17. The number of aromatic nitrogens is 1. The highest BCUT2D eigenvalue weighted by Gasteiger charge is 2.17. The highest BCUT2D eigenvalue weighted by molar-refractivity contribution is 7.11. The van der Waals surface area contributed by atoms with Gasteiger partial charge in [0.1, 0.15) is 12.4 Å². The van der Waals surface area contributed by atoms with E-state index in [1.807, 2.05) is 0 Å². The Kier molecular flexibility index (Phi) is 4.33. The second kappa shape index (κ2) is 6.18. The summed E-state index contributed by atoms with van der Waals surface area (Å²) in [5.41, 5.74) is 0.180. The standard InChI is InChI=1S/C12H10N2O6S/c1-19-8-2-3-9(14(17)18)10(4-8)20-5-7-6-21-11(13-7)12(15)16/h2-4,6H,5H2,1H3,(H,15,16). The van der Waals surface area contributed by atoms with Crippen molar-refractivity contribution in [3.8, 4) is 11.5 Å². The normalized spacial score (nSPS) is 10.1. The first kappa shape index (κ1) is 14.7. The lowest BCUT2D eigenvalue weighted by Crippen LogP contribution is -2.01. The maximum Gasteiger partial charge on any atom is 0.365 e. The number of aromatic carboxylic acids is 1. The van der Waals surface area contributed by atoms with Gasteiger partial charge in [0.05, 0.1) is 17.7 Å². The van der Waals surface area contributed by atoms with Crippen LogP contribution in [0.3, 0.4) is 0 Å².